The molecule has 2 saturated heterocycles. The van der Waals surface area contributed by atoms with E-state index in [1.54, 1.807) is 7.11 Å². The number of ether oxygens (including phenoxy) is 2. The molecule has 2 aliphatic heterocycles. The van der Waals surface area contributed by atoms with Crippen LogP contribution >= 0.6 is 24.8 Å². The van der Waals surface area contributed by atoms with E-state index in [1.165, 1.54) is 0 Å². The lowest BCUT2D eigenvalue weighted by Crippen LogP contribution is -2.61. The number of hydrogen-bond donors (Lipinski definition) is 1. The summed E-state index contributed by atoms with van der Waals surface area (Å²) in [6, 6.07) is 8.03. The molecule has 3 rings (SSSR count). The quantitative estimate of drug-likeness (QED) is 0.848. The second-order valence-corrected chi connectivity index (χ2v) is 6.25. The third-order valence-electron chi connectivity index (χ3n) is 4.80. The second kappa shape index (κ2) is 9.48. The molecule has 142 valence electrons. The Morgan fingerprint density at radius 2 is 1.80 bits per heavy atom. The van der Waals surface area contributed by atoms with Crippen LogP contribution in [0.15, 0.2) is 24.3 Å². The van der Waals surface area contributed by atoms with E-state index >= 15 is 0 Å². The van der Waals surface area contributed by atoms with E-state index in [1.807, 2.05) is 23.1 Å². The molecule has 0 atom stereocenters. The van der Waals surface area contributed by atoms with Gasteiger partial charge in [-0.3, -0.25) is 4.79 Å². The SMILES string of the molecule is COc1cccc(N2CCN(C(=O)C3(N)CCOCC3)CC2)c1.Cl.Cl. The van der Waals surface area contributed by atoms with Gasteiger partial charge in [-0.15, -0.1) is 24.8 Å². The molecule has 0 bridgehead atoms. The maximum Gasteiger partial charge on any atom is 0.242 e. The van der Waals surface area contributed by atoms with Crippen LogP contribution in [0.2, 0.25) is 0 Å². The Morgan fingerprint density at radius 1 is 1.16 bits per heavy atom. The van der Waals surface area contributed by atoms with Crippen molar-refractivity contribution >= 4 is 36.4 Å². The number of nitrogens with two attached hydrogens (primary N) is 1. The highest BCUT2D eigenvalue weighted by molar-refractivity contribution is 5.86. The third-order valence-corrected chi connectivity index (χ3v) is 4.80. The van der Waals surface area contributed by atoms with Gasteiger partial charge in [0.05, 0.1) is 12.6 Å². The highest BCUT2D eigenvalue weighted by atomic mass is 35.5. The van der Waals surface area contributed by atoms with Crippen LogP contribution in [0.3, 0.4) is 0 Å². The maximum atomic E-state index is 12.7. The first kappa shape index (κ1) is 21.8. The summed E-state index contributed by atoms with van der Waals surface area (Å²) in [6.07, 6.45) is 1.23. The number of nitrogens with zero attached hydrogens (tertiary/aromatic N) is 2. The van der Waals surface area contributed by atoms with E-state index in [4.69, 9.17) is 15.2 Å². The van der Waals surface area contributed by atoms with Crippen molar-refractivity contribution in [2.75, 3.05) is 51.4 Å². The van der Waals surface area contributed by atoms with Crippen molar-refractivity contribution in [2.24, 2.45) is 5.73 Å². The van der Waals surface area contributed by atoms with Gasteiger partial charge in [0.25, 0.3) is 0 Å². The Bertz CT molecular complexity index is 560. The lowest BCUT2D eigenvalue weighted by atomic mass is 9.89. The van der Waals surface area contributed by atoms with Gasteiger partial charge in [-0.25, -0.2) is 0 Å². The van der Waals surface area contributed by atoms with Gasteiger partial charge in [-0.2, -0.15) is 0 Å². The lowest BCUT2D eigenvalue weighted by molar-refractivity contribution is -0.140. The Kier molecular flexibility index (Phi) is 8.28. The number of carbonyl (C=O) groups is 1. The van der Waals surface area contributed by atoms with Crippen molar-refractivity contribution in [3.8, 4) is 5.75 Å². The number of hydrogen-bond acceptors (Lipinski definition) is 5. The molecule has 0 saturated carbocycles. The summed E-state index contributed by atoms with van der Waals surface area (Å²) in [4.78, 5) is 16.9. The van der Waals surface area contributed by atoms with Crippen LogP contribution in [0.5, 0.6) is 5.75 Å². The van der Waals surface area contributed by atoms with Crippen molar-refractivity contribution in [3.05, 3.63) is 24.3 Å². The predicted octanol–water partition coefficient (Wildman–Crippen LogP) is 1.70. The van der Waals surface area contributed by atoms with Crippen LogP contribution in [0, 0.1) is 0 Å². The van der Waals surface area contributed by atoms with Crippen LogP contribution in [0.4, 0.5) is 5.69 Å². The Morgan fingerprint density at radius 3 is 2.40 bits per heavy atom. The van der Waals surface area contributed by atoms with Crippen molar-refractivity contribution in [3.63, 3.8) is 0 Å². The fourth-order valence-corrected chi connectivity index (χ4v) is 3.24. The Balaban J connectivity index is 0.00000156. The van der Waals surface area contributed by atoms with Crippen LogP contribution < -0.4 is 15.4 Å². The summed E-state index contributed by atoms with van der Waals surface area (Å²) in [5.74, 6) is 0.926. The summed E-state index contributed by atoms with van der Waals surface area (Å²) < 4.78 is 10.6. The zero-order valence-corrected chi connectivity index (χ0v) is 16.1. The molecule has 25 heavy (non-hydrogen) atoms. The van der Waals surface area contributed by atoms with Gasteiger partial charge in [0.1, 0.15) is 5.75 Å². The molecule has 0 spiro atoms. The molecule has 0 radical (unpaired) electrons. The minimum atomic E-state index is -0.740. The summed E-state index contributed by atoms with van der Waals surface area (Å²) in [5.41, 5.74) is 6.71. The molecule has 0 aromatic heterocycles. The number of rotatable bonds is 3. The number of halogens is 2. The largest absolute Gasteiger partial charge is 0.497 e. The van der Waals surface area contributed by atoms with Crippen LogP contribution in [0.1, 0.15) is 12.8 Å². The number of amides is 1. The first-order valence-electron chi connectivity index (χ1n) is 8.17. The van der Waals surface area contributed by atoms with E-state index in [0.29, 0.717) is 39.1 Å². The number of benzene rings is 1. The van der Waals surface area contributed by atoms with Crippen LogP contribution in [-0.2, 0) is 9.53 Å². The molecular formula is C17H27Cl2N3O3. The zero-order valence-electron chi connectivity index (χ0n) is 14.5. The standard InChI is InChI=1S/C17H25N3O3.2ClH/c1-22-15-4-2-3-14(13-15)19-7-9-20(10-8-19)16(21)17(18)5-11-23-12-6-17;;/h2-4,13H,5-12,18H2,1H3;2*1H. The molecule has 0 unspecified atom stereocenters. The molecule has 1 aromatic rings. The van der Waals surface area contributed by atoms with E-state index in [9.17, 15) is 4.79 Å². The molecule has 1 aromatic carbocycles. The molecule has 2 N–H and O–H groups in total. The summed E-state index contributed by atoms with van der Waals surface area (Å²) in [6.45, 7) is 4.18. The van der Waals surface area contributed by atoms with Crippen molar-refractivity contribution in [1.82, 2.24) is 4.90 Å². The average molecular weight is 392 g/mol. The number of piperazine rings is 1. The van der Waals surface area contributed by atoms with Gasteiger partial charge in [-0.05, 0) is 25.0 Å². The second-order valence-electron chi connectivity index (χ2n) is 6.25. The predicted molar refractivity (Wildman–Crippen MR) is 103 cm³/mol. The fraction of sp³-hybridized carbons (Fsp3) is 0.588. The molecule has 2 fully saturated rings. The minimum absolute atomic E-state index is 0. The van der Waals surface area contributed by atoms with Gasteiger partial charge >= 0.3 is 0 Å². The molecular weight excluding hydrogens is 365 g/mol. The van der Waals surface area contributed by atoms with Crippen LogP contribution in [-0.4, -0.2) is 62.8 Å². The maximum absolute atomic E-state index is 12.7. The van der Waals surface area contributed by atoms with E-state index in [2.05, 4.69) is 11.0 Å². The first-order chi connectivity index (χ1) is 11.1. The van der Waals surface area contributed by atoms with E-state index in [0.717, 1.165) is 24.5 Å². The summed E-state index contributed by atoms with van der Waals surface area (Å²) in [7, 11) is 1.67. The molecule has 2 aliphatic rings. The Hall–Kier alpha value is -1.21. The van der Waals surface area contributed by atoms with Gasteiger partial charge in [0.2, 0.25) is 5.91 Å². The number of carbonyl (C=O) groups excluding carboxylic acids is 1. The van der Waals surface area contributed by atoms with Crippen molar-refractivity contribution in [2.45, 2.75) is 18.4 Å². The minimum Gasteiger partial charge on any atom is -0.497 e. The van der Waals surface area contributed by atoms with Gasteiger partial charge in [0.15, 0.2) is 0 Å². The highest BCUT2D eigenvalue weighted by Crippen LogP contribution is 2.24. The third kappa shape index (κ3) is 4.91. The smallest absolute Gasteiger partial charge is 0.242 e. The number of methoxy groups -OCH3 is 1. The fourth-order valence-electron chi connectivity index (χ4n) is 3.24. The highest BCUT2D eigenvalue weighted by Gasteiger charge is 2.39. The molecule has 1 amide bonds. The summed E-state index contributed by atoms with van der Waals surface area (Å²) in [5, 5.41) is 0. The lowest BCUT2D eigenvalue weighted by Gasteiger charge is -2.41. The van der Waals surface area contributed by atoms with Crippen molar-refractivity contribution in [1.29, 1.82) is 0 Å². The molecule has 0 aliphatic carbocycles. The first-order valence-corrected chi connectivity index (χ1v) is 8.17. The Labute approximate surface area is 161 Å². The van der Waals surface area contributed by atoms with E-state index < -0.39 is 5.54 Å². The summed E-state index contributed by atoms with van der Waals surface area (Å²) >= 11 is 0. The van der Waals surface area contributed by atoms with Gasteiger partial charge in [-0.1, -0.05) is 6.07 Å². The normalized spacial score (nSPS) is 19.4. The van der Waals surface area contributed by atoms with E-state index in [-0.39, 0.29) is 30.7 Å². The van der Waals surface area contributed by atoms with Gasteiger partial charge < -0.3 is 25.0 Å². The number of anilines is 1. The molecule has 6 nitrogen and oxygen atoms in total. The van der Waals surface area contributed by atoms with Crippen LogP contribution in [0.25, 0.3) is 0 Å². The van der Waals surface area contributed by atoms with Gasteiger partial charge in [0, 0.05) is 51.1 Å². The molecule has 2 heterocycles. The zero-order chi connectivity index (χ0) is 16.3. The average Bonchev–Trinajstić information content (AvgIpc) is 2.62. The monoisotopic (exact) mass is 391 g/mol. The topological polar surface area (TPSA) is 68.0 Å². The van der Waals surface area contributed by atoms with Crippen molar-refractivity contribution < 1.29 is 14.3 Å². The molecule has 8 heteroatoms.